The van der Waals surface area contributed by atoms with Crippen molar-refractivity contribution < 1.29 is 0 Å². The monoisotopic (exact) mass is 273 g/mol. The van der Waals surface area contributed by atoms with Gasteiger partial charge in [-0.15, -0.1) is 0 Å². The van der Waals surface area contributed by atoms with Crippen LogP contribution in [-0.2, 0) is 0 Å². The van der Waals surface area contributed by atoms with Gasteiger partial charge in [0.25, 0.3) is 0 Å². The summed E-state index contributed by atoms with van der Waals surface area (Å²) in [6.07, 6.45) is 1.23. The quantitative estimate of drug-likeness (QED) is 0.787. The van der Waals surface area contributed by atoms with Gasteiger partial charge in [-0.25, -0.2) is 0 Å². The maximum atomic E-state index is 3.42. The van der Waals surface area contributed by atoms with Crippen molar-refractivity contribution in [2.75, 3.05) is 23.4 Å². The molecule has 0 saturated carbocycles. The first-order valence-electron chi connectivity index (χ1n) is 4.90. The molecule has 0 saturated heterocycles. The molecule has 0 spiro atoms. The minimum absolute atomic E-state index is 1.06. The molecule has 0 unspecified atom stereocenters. The van der Waals surface area contributed by atoms with Crippen molar-refractivity contribution in [2.24, 2.45) is 0 Å². The normalized spacial score (nSPS) is 10.1. The van der Waals surface area contributed by atoms with Gasteiger partial charge in [0.2, 0.25) is 0 Å². The minimum atomic E-state index is 1.06. The predicted octanol–water partition coefficient (Wildman–Crippen LogP) is 4.00. The van der Waals surface area contributed by atoms with E-state index in [4.69, 9.17) is 0 Å². The summed E-state index contributed by atoms with van der Waals surface area (Å²) >= 11 is 5.41. The minimum Gasteiger partial charge on any atom is -0.385 e. The maximum absolute atomic E-state index is 3.42. The van der Waals surface area contributed by atoms with Gasteiger partial charge < -0.3 is 5.32 Å². The molecule has 0 aliphatic carbocycles. The van der Waals surface area contributed by atoms with Crippen molar-refractivity contribution in [2.45, 2.75) is 13.3 Å². The number of rotatable bonds is 6. The van der Waals surface area contributed by atoms with E-state index in [9.17, 15) is 0 Å². The van der Waals surface area contributed by atoms with Crippen molar-refractivity contribution in [3.8, 4) is 0 Å². The van der Waals surface area contributed by atoms with Gasteiger partial charge in [0.1, 0.15) is 0 Å². The van der Waals surface area contributed by atoms with Gasteiger partial charge in [-0.05, 0) is 42.2 Å². The number of hydrogen-bond acceptors (Lipinski definition) is 2. The van der Waals surface area contributed by atoms with Crippen LogP contribution in [0.25, 0.3) is 0 Å². The molecule has 0 bridgehead atoms. The SMILES string of the molecule is CCSCCCNc1ccc(Br)cc1. The van der Waals surface area contributed by atoms with Gasteiger partial charge in [0.05, 0.1) is 0 Å². The molecule has 0 radical (unpaired) electrons. The Kier molecular flexibility index (Phi) is 6.12. The molecular weight excluding hydrogens is 258 g/mol. The first kappa shape index (κ1) is 11.9. The molecule has 0 fully saturated rings. The fraction of sp³-hybridized carbons (Fsp3) is 0.455. The Morgan fingerprint density at radius 1 is 1.29 bits per heavy atom. The van der Waals surface area contributed by atoms with E-state index in [1.165, 1.54) is 23.6 Å². The third-order valence-electron chi connectivity index (χ3n) is 1.84. The van der Waals surface area contributed by atoms with Gasteiger partial charge in [-0.3, -0.25) is 0 Å². The lowest BCUT2D eigenvalue weighted by Gasteiger charge is -2.05. The lowest BCUT2D eigenvalue weighted by molar-refractivity contribution is 0.992. The van der Waals surface area contributed by atoms with Gasteiger partial charge in [0.15, 0.2) is 0 Å². The highest BCUT2D eigenvalue weighted by molar-refractivity contribution is 9.10. The average Bonchev–Trinajstić information content (AvgIpc) is 2.21. The first-order chi connectivity index (χ1) is 6.83. The van der Waals surface area contributed by atoms with Gasteiger partial charge in [-0.1, -0.05) is 22.9 Å². The van der Waals surface area contributed by atoms with Gasteiger partial charge >= 0.3 is 0 Å². The molecule has 3 heteroatoms. The number of anilines is 1. The highest BCUT2D eigenvalue weighted by Gasteiger charge is 1.91. The Morgan fingerprint density at radius 2 is 2.00 bits per heavy atom. The summed E-state index contributed by atoms with van der Waals surface area (Å²) < 4.78 is 1.13. The molecule has 0 atom stereocenters. The second-order valence-electron chi connectivity index (χ2n) is 2.98. The predicted molar refractivity (Wildman–Crippen MR) is 70.2 cm³/mol. The highest BCUT2D eigenvalue weighted by Crippen LogP contribution is 2.14. The number of halogens is 1. The molecule has 0 heterocycles. The largest absolute Gasteiger partial charge is 0.385 e. The van der Waals surface area contributed by atoms with E-state index in [2.05, 4.69) is 52.4 Å². The smallest absolute Gasteiger partial charge is 0.0340 e. The van der Waals surface area contributed by atoms with Crippen LogP contribution in [0, 0.1) is 0 Å². The van der Waals surface area contributed by atoms with Crippen molar-refractivity contribution in [3.63, 3.8) is 0 Å². The van der Waals surface area contributed by atoms with Crippen molar-refractivity contribution in [1.82, 2.24) is 0 Å². The molecular formula is C11H16BrNS. The number of benzene rings is 1. The zero-order valence-corrected chi connectivity index (χ0v) is 10.8. The molecule has 1 nitrogen and oxygen atoms in total. The molecule has 1 N–H and O–H groups in total. The zero-order valence-electron chi connectivity index (χ0n) is 8.42. The zero-order chi connectivity index (χ0) is 10.2. The van der Waals surface area contributed by atoms with Crippen LogP contribution in [0.4, 0.5) is 5.69 Å². The Balaban J connectivity index is 2.15. The molecule has 14 heavy (non-hydrogen) atoms. The van der Waals surface area contributed by atoms with Crippen LogP contribution in [0.1, 0.15) is 13.3 Å². The summed E-state index contributed by atoms with van der Waals surface area (Å²) in [7, 11) is 0. The lowest BCUT2D eigenvalue weighted by atomic mass is 10.3. The Bertz CT molecular complexity index is 248. The fourth-order valence-corrected chi connectivity index (χ4v) is 2.02. The van der Waals surface area contributed by atoms with Crippen LogP contribution in [0.15, 0.2) is 28.7 Å². The second kappa shape index (κ2) is 7.18. The average molecular weight is 274 g/mol. The molecule has 0 aliphatic rings. The summed E-state index contributed by atoms with van der Waals surface area (Å²) in [5.74, 6) is 2.47. The lowest BCUT2D eigenvalue weighted by Crippen LogP contribution is -2.02. The van der Waals surface area contributed by atoms with E-state index in [1.54, 1.807) is 0 Å². The van der Waals surface area contributed by atoms with Crippen LogP contribution in [0.2, 0.25) is 0 Å². The van der Waals surface area contributed by atoms with Crippen LogP contribution in [0.5, 0.6) is 0 Å². The summed E-state index contributed by atoms with van der Waals surface area (Å²) in [5, 5.41) is 3.40. The number of nitrogens with one attached hydrogen (secondary N) is 1. The second-order valence-corrected chi connectivity index (χ2v) is 5.29. The van der Waals surface area contributed by atoms with Crippen LogP contribution < -0.4 is 5.32 Å². The van der Waals surface area contributed by atoms with E-state index in [-0.39, 0.29) is 0 Å². The molecule has 1 rings (SSSR count). The third kappa shape index (κ3) is 4.91. The van der Waals surface area contributed by atoms with Crippen LogP contribution in [-0.4, -0.2) is 18.1 Å². The van der Waals surface area contributed by atoms with Crippen molar-refractivity contribution in [3.05, 3.63) is 28.7 Å². The van der Waals surface area contributed by atoms with E-state index in [1.807, 2.05) is 11.8 Å². The molecule has 0 aromatic heterocycles. The van der Waals surface area contributed by atoms with Gasteiger partial charge in [0, 0.05) is 16.7 Å². The van der Waals surface area contributed by atoms with Crippen LogP contribution in [0.3, 0.4) is 0 Å². The Labute approximate surface area is 98.8 Å². The molecule has 1 aromatic carbocycles. The third-order valence-corrected chi connectivity index (χ3v) is 3.36. The van der Waals surface area contributed by atoms with E-state index >= 15 is 0 Å². The molecule has 0 aliphatic heterocycles. The molecule has 1 aromatic rings. The van der Waals surface area contributed by atoms with Crippen molar-refractivity contribution in [1.29, 1.82) is 0 Å². The standard InChI is InChI=1S/C11H16BrNS/c1-2-14-9-3-8-13-11-6-4-10(12)5-7-11/h4-7,13H,2-3,8-9H2,1H3. The van der Waals surface area contributed by atoms with E-state index < -0.39 is 0 Å². The molecule has 0 amide bonds. The Hall–Kier alpha value is -0.150. The van der Waals surface area contributed by atoms with E-state index in [0.717, 1.165) is 11.0 Å². The summed E-state index contributed by atoms with van der Waals surface area (Å²) in [6.45, 7) is 3.27. The fourth-order valence-electron chi connectivity index (χ4n) is 1.12. The topological polar surface area (TPSA) is 12.0 Å². The summed E-state index contributed by atoms with van der Waals surface area (Å²) in [6, 6.07) is 8.31. The number of hydrogen-bond donors (Lipinski definition) is 1. The van der Waals surface area contributed by atoms with Gasteiger partial charge in [-0.2, -0.15) is 11.8 Å². The number of thioether (sulfide) groups is 1. The van der Waals surface area contributed by atoms with E-state index in [0.29, 0.717) is 0 Å². The Morgan fingerprint density at radius 3 is 2.64 bits per heavy atom. The summed E-state index contributed by atoms with van der Waals surface area (Å²) in [4.78, 5) is 0. The van der Waals surface area contributed by atoms with Crippen molar-refractivity contribution >= 4 is 33.4 Å². The maximum Gasteiger partial charge on any atom is 0.0340 e. The van der Waals surface area contributed by atoms with Crippen LogP contribution >= 0.6 is 27.7 Å². The summed E-state index contributed by atoms with van der Waals surface area (Å²) in [5.41, 5.74) is 1.20. The molecule has 78 valence electrons. The first-order valence-corrected chi connectivity index (χ1v) is 6.85. The highest BCUT2D eigenvalue weighted by atomic mass is 79.9.